The van der Waals surface area contributed by atoms with E-state index in [1.54, 1.807) is 18.2 Å². The summed E-state index contributed by atoms with van der Waals surface area (Å²) in [5.41, 5.74) is 10.4. The number of pyridine rings is 1. The summed E-state index contributed by atoms with van der Waals surface area (Å²) in [5.74, 6) is -0.721. The average Bonchev–Trinajstić information content (AvgIpc) is 2.73. The Balaban J connectivity index is 1.81. The van der Waals surface area contributed by atoms with Gasteiger partial charge in [0.2, 0.25) is 11.9 Å². The number of hydrogen-bond donors (Lipinski definition) is 1. The Kier molecular flexibility index (Phi) is 6.12. The van der Waals surface area contributed by atoms with Gasteiger partial charge in [-0.05, 0) is 60.6 Å². The maximum atomic E-state index is 14.5. The van der Waals surface area contributed by atoms with Crippen molar-refractivity contribution in [2.75, 3.05) is 12.3 Å². The van der Waals surface area contributed by atoms with Crippen LogP contribution in [0.25, 0.3) is 11.1 Å². The maximum Gasteiger partial charge on any atom is 0.220 e. The molecule has 2 aromatic heterocycles. The first-order chi connectivity index (χ1) is 15.3. The van der Waals surface area contributed by atoms with E-state index in [1.807, 2.05) is 20.8 Å². The summed E-state index contributed by atoms with van der Waals surface area (Å²) < 4.78 is 28.7. The molecule has 0 radical (unpaired) electrons. The Morgan fingerprint density at radius 3 is 2.72 bits per heavy atom. The van der Waals surface area contributed by atoms with Gasteiger partial charge in [-0.1, -0.05) is 25.1 Å². The molecule has 1 atom stereocenters. The molecule has 1 unspecified atom stereocenters. The van der Waals surface area contributed by atoms with Gasteiger partial charge in [0.25, 0.3) is 0 Å². The monoisotopic (exact) mass is 437 g/mol. The second-order valence-electron chi connectivity index (χ2n) is 8.40. The van der Waals surface area contributed by atoms with Crippen LogP contribution in [-0.2, 0) is 11.3 Å². The van der Waals surface area contributed by atoms with E-state index in [0.29, 0.717) is 36.6 Å². The lowest BCUT2D eigenvalue weighted by Gasteiger charge is -2.28. The van der Waals surface area contributed by atoms with Gasteiger partial charge in [-0.3, -0.25) is 0 Å². The molecule has 6 nitrogen and oxygen atoms in total. The molecule has 3 aromatic rings. The van der Waals surface area contributed by atoms with Crippen LogP contribution in [0.2, 0.25) is 0 Å². The molecule has 0 saturated heterocycles. The molecule has 166 valence electrons. The van der Waals surface area contributed by atoms with Gasteiger partial charge in [0.1, 0.15) is 12.4 Å². The zero-order valence-electron chi connectivity index (χ0n) is 18.3. The van der Waals surface area contributed by atoms with Crippen molar-refractivity contribution in [2.45, 2.75) is 39.5 Å². The maximum absolute atomic E-state index is 14.5. The second kappa shape index (κ2) is 8.98. The lowest BCUT2D eigenvalue weighted by molar-refractivity contribution is 0.117. The number of nitrogens with two attached hydrogens (primary N) is 1. The van der Waals surface area contributed by atoms with Crippen molar-refractivity contribution in [3.05, 3.63) is 70.8 Å². The van der Waals surface area contributed by atoms with Crippen LogP contribution in [0.3, 0.4) is 0 Å². The minimum absolute atomic E-state index is 0.132. The van der Waals surface area contributed by atoms with Gasteiger partial charge in [0.05, 0.1) is 17.1 Å². The van der Waals surface area contributed by atoms with Crippen LogP contribution in [0.4, 0.5) is 14.7 Å². The Morgan fingerprint density at radius 1 is 1.16 bits per heavy atom. The molecular formula is C24H25F2N5O. The number of fused-ring (bicyclic) bond motifs is 1. The summed E-state index contributed by atoms with van der Waals surface area (Å²) >= 11 is 0. The van der Waals surface area contributed by atoms with E-state index < -0.39 is 11.8 Å². The highest BCUT2D eigenvalue weighted by Gasteiger charge is 2.31. The molecule has 0 spiro atoms. The molecule has 1 aliphatic carbocycles. The van der Waals surface area contributed by atoms with E-state index in [0.717, 1.165) is 22.5 Å². The predicted octanol–water partition coefficient (Wildman–Crippen LogP) is 4.81. The third-order valence-electron chi connectivity index (χ3n) is 5.44. The minimum atomic E-state index is -0.646. The number of nitrogens with zero attached hydrogens (tertiary/aromatic N) is 4. The first-order valence-electron chi connectivity index (χ1n) is 10.6. The third-order valence-corrected chi connectivity index (χ3v) is 5.44. The van der Waals surface area contributed by atoms with Gasteiger partial charge in [0.15, 0.2) is 0 Å². The van der Waals surface area contributed by atoms with Gasteiger partial charge in [0, 0.05) is 23.7 Å². The van der Waals surface area contributed by atoms with Crippen molar-refractivity contribution >= 4 is 11.7 Å². The molecule has 8 heteroatoms. The molecule has 0 amide bonds. The number of halogens is 2. The van der Waals surface area contributed by atoms with Crippen molar-refractivity contribution in [1.82, 2.24) is 15.0 Å². The summed E-state index contributed by atoms with van der Waals surface area (Å²) in [6, 6.07) is 7.65. The van der Waals surface area contributed by atoms with E-state index in [4.69, 9.17) is 10.6 Å². The first kappa shape index (κ1) is 21.8. The number of aryl methyl sites for hydroxylation is 1. The highest BCUT2D eigenvalue weighted by Crippen LogP contribution is 2.39. The van der Waals surface area contributed by atoms with Crippen molar-refractivity contribution < 1.29 is 13.6 Å². The molecule has 1 aromatic carbocycles. The van der Waals surface area contributed by atoms with Crippen molar-refractivity contribution in [3.8, 4) is 11.1 Å². The van der Waals surface area contributed by atoms with Gasteiger partial charge in [-0.15, -0.1) is 0 Å². The zero-order valence-corrected chi connectivity index (χ0v) is 18.3. The summed E-state index contributed by atoms with van der Waals surface area (Å²) in [7, 11) is 0. The fourth-order valence-corrected chi connectivity index (χ4v) is 4.09. The zero-order chi connectivity index (χ0) is 22.8. The molecule has 0 bridgehead atoms. The van der Waals surface area contributed by atoms with Crippen molar-refractivity contribution in [1.29, 1.82) is 0 Å². The number of nitrogen functional groups attached to an aromatic ring is 1. The van der Waals surface area contributed by atoms with Crippen LogP contribution in [-0.4, -0.2) is 27.3 Å². The molecular weight excluding hydrogens is 412 g/mol. The predicted molar refractivity (Wildman–Crippen MR) is 119 cm³/mol. The van der Waals surface area contributed by atoms with Crippen molar-refractivity contribution in [3.63, 3.8) is 0 Å². The van der Waals surface area contributed by atoms with Crippen molar-refractivity contribution in [2.24, 2.45) is 11.1 Å². The molecule has 4 rings (SSSR count). The first-order valence-corrected chi connectivity index (χ1v) is 10.6. The number of aromatic nitrogens is 3. The summed E-state index contributed by atoms with van der Waals surface area (Å²) in [6.45, 7) is 6.42. The Morgan fingerprint density at radius 2 is 1.97 bits per heavy atom. The Hall–Kier alpha value is -3.42. The largest absolute Gasteiger partial charge is 0.395 e. The number of hydrogen-bond acceptors (Lipinski definition) is 6. The van der Waals surface area contributed by atoms with E-state index in [2.05, 4.69) is 20.1 Å². The third kappa shape index (κ3) is 4.44. The Bertz CT molecular complexity index is 1180. The molecule has 32 heavy (non-hydrogen) atoms. The highest BCUT2D eigenvalue weighted by atomic mass is 19.1. The van der Waals surface area contributed by atoms with E-state index >= 15 is 0 Å². The number of oxime groups is 1. The lowest BCUT2D eigenvalue weighted by Crippen LogP contribution is -2.24. The summed E-state index contributed by atoms with van der Waals surface area (Å²) in [5, 5.41) is 4.40. The molecule has 0 aliphatic heterocycles. The molecule has 1 aliphatic rings. The lowest BCUT2D eigenvalue weighted by atomic mass is 9.78. The van der Waals surface area contributed by atoms with E-state index in [9.17, 15) is 8.78 Å². The van der Waals surface area contributed by atoms with Gasteiger partial charge >= 0.3 is 0 Å². The van der Waals surface area contributed by atoms with Crippen LogP contribution in [0, 0.1) is 24.6 Å². The van der Waals surface area contributed by atoms with E-state index in [1.165, 1.54) is 18.3 Å². The van der Waals surface area contributed by atoms with Crippen LogP contribution in [0.1, 0.15) is 48.7 Å². The van der Waals surface area contributed by atoms with Crippen LogP contribution in [0.5, 0.6) is 0 Å². The van der Waals surface area contributed by atoms with Gasteiger partial charge in [-0.25, -0.2) is 19.3 Å². The number of benzene rings is 1. The topological polar surface area (TPSA) is 86.3 Å². The number of anilines is 1. The highest BCUT2D eigenvalue weighted by molar-refractivity contribution is 6.03. The SMILES string of the molecule is Cc1nc(N)nc2c1C(=NOCC(C)C)CC(c1ccc(F)cc1-c1cccnc1F)C2. The molecule has 0 saturated carbocycles. The number of rotatable bonds is 5. The molecule has 2 N–H and O–H groups in total. The smallest absolute Gasteiger partial charge is 0.220 e. The normalized spacial score (nSPS) is 16.9. The van der Waals surface area contributed by atoms with Crippen LogP contribution in [0.15, 0.2) is 41.7 Å². The minimum Gasteiger partial charge on any atom is -0.395 e. The average molecular weight is 437 g/mol. The summed E-state index contributed by atoms with van der Waals surface area (Å²) in [4.78, 5) is 18.1. The Labute approximate surface area is 185 Å². The van der Waals surface area contributed by atoms with Gasteiger partial charge in [-0.2, -0.15) is 4.39 Å². The second-order valence-corrected chi connectivity index (χ2v) is 8.40. The molecule has 2 heterocycles. The van der Waals surface area contributed by atoms with Crippen LogP contribution < -0.4 is 5.73 Å². The summed E-state index contributed by atoms with van der Waals surface area (Å²) in [6.07, 6.45) is 2.42. The fourth-order valence-electron chi connectivity index (χ4n) is 4.09. The quantitative estimate of drug-likeness (QED) is 0.457. The van der Waals surface area contributed by atoms with E-state index in [-0.39, 0.29) is 17.4 Å². The molecule has 0 fully saturated rings. The standard InChI is InChI=1S/C24H25F2N5O/c1-13(2)12-32-31-21-10-15(9-20-22(21)14(3)29-24(27)30-20)17-7-6-16(25)11-19(17)18-5-4-8-28-23(18)26/h4-8,11,13,15H,9-10,12H2,1-3H3,(H2,27,29,30). The van der Waals surface area contributed by atoms with Crippen LogP contribution >= 0.6 is 0 Å². The fraction of sp³-hybridized carbons (Fsp3) is 0.333. The van der Waals surface area contributed by atoms with Gasteiger partial charge < -0.3 is 10.6 Å².